The van der Waals surface area contributed by atoms with Crippen LogP contribution < -0.4 is 0 Å². The van der Waals surface area contributed by atoms with Crippen LogP contribution in [0, 0.1) is 16.7 Å². The Morgan fingerprint density at radius 1 is 0.659 bits per heavy atom. The molecule has 0 heterocycles. The van der Waals surface area contributed by atoms with Crippen LogP contribution in [0.1, 0.15) is 88.5 Å². The van der Waals surface area contributed by atoms with Crippen molar-refractivity contribution in [3.63, 3.8) is 0 Å². The second kappa shape index (κ2) is 16.0. The van der Waals surface area contributed by atoms with Crippen LogP contribution in [0.4, 0.5) is 0 Å². The van der Waals surface area contributed by atoms with Gasteiger partial charge in [-0.05, 0) is 76.4 Å². The number of aliphatic hydroxyl groups excluding tert-OH is 3. The average Bonchev–Trinajstić information content (AvgIpc) is 2.87. The van der Waals surface area contributed by atoms with E-state index in [2.05, 4.69) is 116 Å². The SMILES string of the molecule is CC1=C(/C=C/C(C)=C/C=C/C(C)=C/C=C/C=C(C)/C=C/C=C(C)/C=C/C2C(C)(C)C[C@H](O)C[C@@]2(C)O)C(C)(C)C[C@H](O)[C@@H]1O. The summed E-state index contributed by atoms with van der Waals surface area (Å²) in [7, 11) is 0. The van der Waals surface area contributed by atoms with E-state index in [1.807, 2.05) is 38.2 Å². The van der Waals surface area contributed by atoms with Crippen molar-refractivity contribution in [3.05, 3.63) is 119 Å². The molecule has 1 fully saturated rings. The van der Waals surface area contributed by atoms with E-state index in [9.17, 15) is 20.4 Å². The van der Waals surface area contributed by atoms with Crippen LogP contribution in [-0.2, 0) is 0 Å². The first-order chi connectivity index (χ1) is 20.4. The summed E-state index contributed by atoms with van der Waals surface area (Å²) < 4.78 is 0. The maximum absolute atomic E-state index is 10.9. The van der Waals surface area contributed by atoms with Gasteiger partial charge in [0.1, 0.15) is 6.10 Å². The molecule has 1 saturated carbocycles. The molecule has 1 unspecified atom stereocenters. The topological polar surface area (TPSA) is 80.9 Å². The van der Waals surface area contributed by atoms with Gasteiger partial charge in [0.2, 0.25) is 0 Å². The lowest BCUT2D eigenvalue weighted by Gasteiger charge is -2.48. The minimum Gasteiger partial charge on any atom is -0.393 e. The average molecular weight is 603 g/mol. The summed E-state index contributed by atoms with van der Waals surface area (Å²) in [6.07, 6.45) is 28.6. The van der Waals surface area contributed by atoms with Crippen LogP contribution in [0.25, 0.3) is 0 Å². The molecule has 0 bridgehead atoms. The Kier molecular flexibility index (Phi) is 13.6. The molecule has 0 aromatic carbocycles. The third-order valence-electron chi connectivity index (χ3n) is 8.93. The van der Waals surface area contributed by atoms with Crippen molar-refractivity contribution in [2.24, 2.45) is 16.7 Å². The summed E-state index contributed by atoms with van der Waals surface area (Å²) in [5, 5.41) is 41.5. The lowest BCUT2D eigenvalue weighted by molar-refractivity contribution is -0.111. The molecule has 0 saturated heterocycles. The smallest absolute Gasteiger partial charge is 0.101 e. The van der Waals surface area contributed by atoms with Crippen LogP contribution >= 0.6 is 0 Å². The molecule has 0 radical (unpaired) electrons. The van der Waals surface area contributed by atoms with Gasteiger partial charge in [-0.15, -0.1) is 0 Å². The molecule has 44 heavy (non-hydrogen) atoms. The molecule has 2 rings (SSSR count). The second-order valence-electron chi connectivity index (χ2n) is 14.5. The molecule has 0 aromatic rings. The largest absolute Gasteiger partial charge is 0.393 e. The highest BCUT2D eigenvalue weighted by Crippen LogP contribution is 2.47. The number of rotatable bonds is 10. The normalized spacial score (nSPS) is 31.1. The fourth-order valence-corrected chi connectivity index (χ4v) is 6.61. The monoisotopic (exact) mass is 602 g/mol. The van der Waals surface area contributed by atoms with E-state index >= 15 is 0 Å². The fourth-order valence-electron chi connectivity index (χ4n) is 6.61. The zero-order valence-corrected chi connectivity index (χ0v) is 28.8. The Morgan fingerprint density at radius 3 is 1.66 bits per heavy atom. The van der Waals surface area contributed by atoms with Crippen LogP contribution in [0.15, 0.2) is 119 Å². The summed E-state index contributed by atoms with van der Waals surface area (Å²) in [6, 6.07) is 0. The Hall–Kier alpha value is -2.76. The lowest BCUT2D eigenvalue weighted by Crippen LogP contribution is -2.50. The van der Waals surface area contributed by atoms with Crippen LogP contribution in [0.5, 0.6) is 0 Å². The Morgan fingerprint density at radius 2 is 1.14 bits per heavy atom. The van der Waals surface area contributed by atoms with E-state index in [0.29, 0.717) is 19.3 Å². The number of hydrogen-bond donors (Lipinski definition) is 4. The van der Waals surface area contributed by atoms with E-state index in [-0.39, 0.29) is 16.7 Å². The summed E-state index contributed by atoms with van der Waals surface area (Å²) in [5.41, 5.74) is 5.15. The number of aliphatic hydroxyl groups is 4. The van der Waals surface area contributed by atoms with Crippen LogP contribution in [0.2, 0.25) is 0 Å². The molecule has 5 atom stereocenters. The fraction of sp³-hybridized carbons (Fsp3) is 0.500. The van der Waals surface area contributed by atoms with Crippen molar-refractivity contribution in [3.8, 4) is 0 Å². The third kappa shape index (κ3) is 11.3. The first kappa shape index (κ1) is 37.4. The molecule has 2 aliphatic carbocycles. The highest BCUT2D eigenvalue weighted by molar-refractivity contribution is 5.39. The minimum atomic E-state index is -0.920. The van der Waals surface area contributed by atoms with Gasteiger partial charge in [0.15, 0.2) is 0 Å². The molecule has 2 aliphatic rings. The van der Waals surface area contributed by atoms with Gasteiger partial charge in [-0.2, -0.15) is 0 Å². The van der Waals surface area contributed by atoms with Gasteiger partial charge in [-0.3, -0.25) is 0 Å². The van der Waals surface area contributed by atoms with E-state index in [4.69, 9.17) is 0 Å². The molecule has 4 N–H and O–H groups in total. The van der Waals surface area contributed by atoms with Gasteiger partial charge in [0, 0.05) is 12.3 Å². The molecule has 0 aromatic heterocycles. The molecule has 0 aliphatic heterocycles. The Balaban J connectivity index is 1.93. The van der Waals surface area contributed by atoms with Gasteiger partial charge in [-0.25, -0.2) is 0 Å². The van der Waals surface area contributed by atoms with Crippen LogP contribution in [0.3, 0.4) is 0 Å². The quantitative estimate of drug-likeness (QED) is 0.189. The Labute approximate surface area is 267 Å². The van der Waals surface area contributed by atoms with E-state index in [1.165, 1.54) is 0 Å². The van der Waals surface area contributed by atoms with E-state index in [0.717, 1.165) is 33.4 Å². The standard InChI is InChI=1S/C40H58O4/c1-28(17-13-19-30(3)21-23-34-32(5)37(43)35(42)27-38(34,6)7)15-11-12-16-29(2)18-14-20-31(4)22-24-36-39(8,9)25-33(41)26-40(36,10)44/h11-24,33,35-37,41-44H,25-27H2,1-10H3/b12-11+,17-13+,18-14+,23-21+,24-22+,28-15+,29-16+,30-19+,31-20+/t33-,35-,36?,37+,40+/m0/s1. The summed E-state index contributed by atoms with van der Waals surface area (Å²) in [6.45, 7) is 20.4. The maximum atomic E-state index is 10.9. The summed E-state index contributed by atoms with van der Waals surface area (Å²) in [5.74, 6) is -0.0192. The number of allylic oxidation sites excluding steroid dienone is 18. The lowest BCUT2D eigenvalue weighted by atomic mass is 9.61. The molecule has 4 nitrogen and oxygen atoms in total. The highest BCUT2D eigenvalue weighted by Gasteiger charge is 2.47. The van der Waals surface area contributed by atoms with Gasteiger partial charge in [0.05, 0.1) is 17.8 Å². The molecular weight excluding hydrogens is 544 g/mol. The van der Waals surface area contributed by atoms with E-state index < -0.39 is 23.9 Å². The predicted octanol–water partition coefficient (Wildman–Crippen LogP) is 8.57. The van der Waals surface area contributed by atoms with Gasteiger partial charge in [0.25, 0.3) is 0 Å². The summed E-state index contributed by atoms with van der Waals surface area (Å²) in [4.78, 5) is 0. The Bertz CT molecular complexity index is 1280. The number of hydrogen-bond acceptors (Lipinski definition) is 4. The van der Waals surface area contributed by atoms with Crippen molar-refractivity contribution in [1.29, 1.82) is 0 Å². The van der Waals surface area contributed by atoms with E-state index in [1.54, 1.807) is 0 Å². The first-order valence-electron chi connectivity index (χ1n) is 15.9. The molecule has 0 amide bonds. The zero-order valence-electron chi connectivity index (χ0n) is 28.8. The zero-order chi connectivity index (χ0) is 33.3. The predicted molar refractivity (Wildman–Crippen MR) is 187 cm³/mol. The molecule has 242 valence electrons. The van der Waals surface area contributed by atoms with Gasteiger partial charge < -0.3 is 20.4 Å². The summed E-state index contributed by atoms with van der Waals surface area (Å²) >= 11 is 0. The second-order valence-corrected chi connectivity index (χ2v) is 14.5. The molecular formula is C40H58O4. The minimum absolute atomic E-state index is 0.0192. The third-order valence-corrected chi connectivity index (χ3v) is 8.93. The van der Waals surface area contributed by atoms with Crippen molar-refractivity contribution < 1.29 is 20.4 Å². The van der Waals surface area contributed by atoms with Crippen LogP contribution in [-0.4, -0.2) is 44.3 Å². The molecule has 0 spiro atoms. The molecule has 4 heteroatoms. The van der Waals surface area contributed by atoms with Gasteiger partial charge >= 0.3 is 0 Å². The maximum Gasteiger partial charge on any atom is 0.101 e. The van der Waals surface area contributed by atoms with Crippen molar-refractivity contribution in [2.45, 2.75) is 112 Å². The van der Waals surface area contributed by atoms with Crippen molar-refractivity contribution in [2.75, 3.05) is 0 Å². The van der Waals surface area contributed by atoms with Gasteiger partial charge in [-0.1, -0.05) is 135 Å². The first-order valence-corrected chi connectivity index (χ1v) is 15.9. The highest BCUT2D eigenvalue weighted by atomic mass is 16.3. The van der Waals surface area contributed by atoms with Crippen molar-refractivity contribution >= 4 is 0 Å². The van der Waals surface area contributed by atoms with Crippen molar-refractivity contribution in [1.82, 2.24) is 0 Å².